The molecule has 0 unspecified atom stereocenters. The molecule has 0 aliphatic rings. The van der Waals surface area contributed by atoms with Crippen molar-refractivity contribution in [2.45, 2.75) is 13.5 Å². The van der Waals surface area contributed by atoms with Gasteiger partial charge in [0, 0.05) is 10.4 Å². The molecule has 0 aliphatic carbocycles. The minimum absolute atomic E-state index is 0.397. The molecule has 0 spiro atoms. The first-order valence-electron chi connectivity index (χ1n) is 6.08. The molecule has 0 saturated heterocycles. The van der Waals surface area contributed by atoms with Crippen LogP contribution < -0.4 is 4.74 Å². The van der Waals surface area contributed by atoms with Gasteiger partial charge in [-0.25, -0.2) is 0 Å². The summed E-state index contributed by atoms with van der Waals surface area (Å²) in [7, 11) is 0. The standard InChI is InChI=1S/C16H13ClO2/c1-11-5-6-12-8-15(19-16(12)7-11)10-18-14-4-2-3-13(17)9-14/h2-9H,10H2,1H3. The number of furan rings is 1. The molecule has 0 radical (unpaired) electrons. The number of ether oxygens (including phenoxy) is 1. The van der Waals surface area contributed by atoms with Crippen LogP contribution in [0.3, 0.4) is 0 Å². The Balaban J connectivity index is 1.78. The molecule has 3 aromatic rings. The van der Waals surface area contributed by atoms with E-state index in [1.165, 1.54) is 5.56 Å². The minimum atomic E-state index is 0.397. The summed E-state index contributed by atoms with van der Waals surface area (Å²) in [6, 6.07) is 15.5. The SMILES string of the molecule is Cc1ccc2cc(COc3cccc(Cl)c3)oc2c1. The van der Waals surface area contributed by atoms with Crippen molar-refractivity contribution in [2.24, 2.45) is 0 Å². The maximum absolute atomic E-state index is 5.90. The second kappa shape index (κ2) is 4.98. The van der Waals surface area contributed by atoms with E-state index in [0.29, 0.717) is 11.6 Å². The van der Waals surface area contributed by atoms with Gasteiger partial charge in [-0.05, 0) is 42.8 Å². The van der Waals surface area contributed by atoms with Gasteiger partial charge in [0.05, 0.1) is 0 Å². The molecule has 0 atom stereocenters. The van der Waals surface area contributed by atoms with Crippen LogP contribution in [0, 0.1) is 6.92 Å². The zero-order chi connectivity index (χ0) is 13.2. The van der Waals surface area contributed by atoms with Crippen molar-refractivity contribution in [1.29, 1.82) is 0 Å². The molecule has 0 amide bonds. The average molecular weight is 273 g/mol. The van der Waals surface area contributed by atoms with Gasteiger partial charge in [-0.1, -0.05) is 29.8 Å². The predicted molar refractivity (Wildman–Crippen MR) is 76.7 cm³/mol. The molecule has 2 nitrogen and oxygen atoms in total. The molecule has 1 aromatic heterocycles. The highest BCUT2D eigenvalue weighted by Gasteiger charge is 2.05. The zero-order valence-corrected chi connectivity index (χ0v) is 11.3. The topological polar surface area (TPSA) is 22.4 Å². The molecule has 1 heterocycles. The van der Waals surface area contributed by atoms with E-state index in [9.17, 15) is 0 Å². The molecule has 0 bridgehead atoms. The number of halogens is 1. The first-order valence-corrected chi connectivity index (χ1v) is 6.46. The van der Waals surface area contributed by atoms with E-state index < -0.39 is 0 Å². The van der Waals surface area contributed by atoms with Gasteiger partial charge < -0.3 is 9.15 Å². The van der Waals surface area contributed by atoms with Crippen LogP contribution in [0.2, 0.25) is 5.02 Å². The Labute approximate surface area is 116 Å². The molecule has 3 heteroatoms. The molecule has 0 fully saturated rings. The van der Waals surface area contributed by atoms with Crippen molar-refractivity contribution in [3.63, 3.8) is 0 Å². The van der Waals surface area contributed by atoms with E-state index in [0.717, 1.165) is 22.5 Å². The van der Waals surface area contributed by atoms with E-state index in [4.69, 9.17) is 20.8 Å². The fraction of sp³-hybridized carbons (Fsp3) is 0.125. The van der Waals surface area contributed by atoms with Gasteiger partial charge in [0.15, 0.2) is 0 Å². The Hall–Kier alpha value is -1.93. The third-order valence-electron chi connectivity index (χ3n) is 2.90. The van der Waals surface area contributed by atoms with Crippen LogP contribution in [0.25, 0.3) is 11.0 Å². The third-order valence-corrected chi connectivity index (χ3v) is 3.14. The summed E-state index contributed by atoms with van der Waals surface area (Å²) in [5, 5.41) is 1.76. The number of benzene rings is 2. The first-order chi connectivity index (χ1) is 9.20. The van der Waals surface area contributed by atoms with Crippen LogP contribution in [0.4, 0.5) is 0 Å². The summed E-state index contributed by atoms with van der Waals surface area (Å²) in [6.45, 7) is 2.44. The van der Waals surface area contributed by atoms with Crippen LogP contribution >= 0.6 is 11.6 Å². The van der Waals surface area contributed by atoms with Gasteiger partial charge in [-0.15, -0.1) is 0 Å². The van der Waals surface area contributed by atoms with Gasteiger partial charge in [-0.2, -0.15) is 0 Å². The van der Waals surface area contributed by atoms with E-state index >= 15 is 0 Å². The van der Waals surface area contributed by atoms with Crippen molar-refractivity contribution in [3.05, 3.63) is 64.9 Å². The molecular weight excluding hydrogens is 260 g/mol. The molecule has 19 heavy (non-hydrogen) atoms. The quantitative estimate of drug-likeness (QED) is 0.671. The van der Waals surface area contributed by atoms with Gasteiger partial charge in [0.1, 0.15) is 23.7 Å². The summed E-state index contributed by atoms with van der Waals surface area (Å²) < 4.78 is 11.4. The van der Waals surface area contributed by atoms with Crippen LogP contribution in [0.15, 0.2) is 52.9 Å². The van der Waals surface area contributed by atoms with E-state index in [-0.39, 0.29) is 0 Å². The molecule has 0 N–H and O–H groups in total. The lowest BCUT2D eigenvalue weighted by atomic mass is 10.2. The second-order valence-corrected chi connectivity index (χ2v) is 4.94. The zero-order valence-electron chi connectivity index (χ0n) is 10.5. The van der Waals surface area contributed by atoms with Crippen molar-refractivity contribution < 1.29 is 9.15 Å². The molecule has 0 aliphatic heterocycles. The fourth-order valence-electron chi connectivity index (χ4n) is 1.98. The number of hydrogen-bond acceptors (Lipinski definition) is 2. The Morgan fingerprint density at radius 3 is 2.84 bits per heavy atom. The van der Waals surface area contributed by atoms with Gasteiger partial charge >= 0.3 is 0 Å². The summed E-state index contributed by atoms with van der Waals surface area (Å²) in [5.41, 5.74) is 2.08. The molecule has 0 saturated carbocycles. The van der Waals surface area contributed by atoms with Gasteiger partial charge in [0.25, 0.3) is 0 Å². The van der Waals surface area contributed by atoms with E-state index in [2.05, 4.69) is 12.1 Å². The summed E-state index contributed by atoms with van der Waals surface area (Å²) in [6.07, 6.45) is 0. The smallest absolute Gasteiger partial charge is 0.146 e. The number of rotatable bonds is 3. The lowest BCUT2D eigenvalue weighted by molar-refractivity contribution is 0.274. The van der Waals surface area contributed by atoms with Crippen molar-refractivity contribution >= 4 is 22.6 Å². The predicted octanol–water partition coefficient (Wildman–Crippen LogP) is 4.97. The largest absolute Gasteiger partial charge is 0.486 e. The Bertz CT molecular complexity index is 716. The number of hydrogen-bond donors (Lipinski definition) is 0. The van der Waals surface area contributed by atoms with Crippen molar-refractivity contribution in [1.82, 2.24) is 0 Å². The lowest BCUT2D eigenvalue weighted by Gasteiger charge is -2.03. The maximum Gasteiger partial charge on any atom is 0.146 e. The molecule has 2 aromatic carbocycles. The number of aryl methyl sites for hydroxylation is 1. The second-order valence-electron chi connectivity index (χ2n) is 4.50. The first kappa shape index (κ1) is 12.1. The maximum atomic E-state index is 5.90. The Morgan fingerprint density at radius 2 is 2.00 bits per heavy atom. The third kappa shape index (κ3) is 2.74. The summed E-state index contributed by atoms with van der Waals surface area (Å²) >= 11 is 5.90. The Kier molecular flexibility index (Phi) is 3.18. The Morgan fingerprint density at radius 1 is 1.11 bits per heavy atom. The molecule has 3 rings (SSSR count). The summed E-state index contributed by atoms with van der Waals surface area (Å²) in [5.74, 6) is 1.55. The highest BCUT2D eigenvalue weighted by molar-refractivity contribution is 6.30. The normalized spacial score (nSPS) is 10.8. The highest BCUT2D eigenvalue weighted by Crippen LogP contribution is 2.23. The average Bonchev–Trinajstić information content (AvgIpc) is 2.78. The van der Waals surface area contributed by atoms with Crippen molar-refractivity contribution in [3.8, 4) is 5.75 Å². The summed E-state index contributed by atoms with van der Waals surface area (Å²) in [4.78, 5) is 0. The van der Waals surface area contributed by atoms with E-state index in [1.807, 2.05) is 37.3 Å². The van der Waals surface area contributed by atoms with Crippen molar-refractivity contribution in [2.75, 3.05) is 0 Å². The van der Waals surface area contributed by atoms with Crippen LogP contribution in [-0.2, 0) is 6.61 Å². The van der Waals surface area contributed by atoms with Gasteiger partial charge in [-0.3, -0.25) is 0 Å². The highest BCUT2D eigenvalue weighted by atomic mass is 35.5. The van der Waals surface area contributed by atoms with Gasteiger partial charge in [0.2, 0.25) is 0 Å². The monoisotopic (exact) mass is 272 g/mol. The molecule has 96 valence electrons. The molecular formula is C16H13ClO2. The lowest BCUT2D eigenvalue weighted by Crippen LogP contribution is -1.93. The van der Waals surface area contributed by atoms with E-state index in [1.54, 1.807) is 6.07 Å². The fourth-order valence-corrected chi connectivity index (χ4v) is 2.16. The minimum Gasteiger partial charge on any atom is -0.486 e. The van der Waals surface area contributed by atoms with Crippen LogP contribution in [-0.4, -0.2) is 0 Å². The van der Waals surface area contributed by atoms with Crippen LogP contribution in [0.5, 0.6) is 5.75 Å². The number of fused-ring (bicyclic) bond motifs is 1. The van der Waals surface area contributed by atoms with Crippen LogP contribution in [0.1, 0.15) is 11.3 Å².